The molecule has 0 bridgehead atoms. The Bertz CT molecular complexity index is 1440. The number of amides is 2. The lowest BCUT2D eigenvalue weighted by Gasteiger charge is -2.30. The van der Waals surface area contributed by atoms with E-state index >= 15 is 0 Å². The first-order valence-corrected chi connectivity index (χ1v) is 11.9. The van der Waals surface area contributed by atoms with Crippen LogP contribution in [0.15, 0.2) is 72.9 Å². The van der Waals surface area contributed by atoms with E-state index in [4.69, 9.17) is 0 Å². The average molecular weight is 483 g/mol. The zero-order valence-electron chi connectivity index (χ0n) is 20.4. The maximum atomic E-state index is 13.3. The van der Waals surface area contributed by atoms with E-state index in [9.17, 15) is 14.0 Å². The highest BCUT2D eigenvalue weighted by Crippen LogP contribution is 2.42. The smallest absolute Gasteiger partial charge is 0.253 e. The van der Waals surface area contributed by atoms with E-state index < -0.39 is 5.92 Å². The van der Waals surface area contributed by atoms with Gasteiger partial charge in [0, 0.05) is 35.0 Å². The number of nitrogens with one attached hydrogen (secondary N) is 3. The van der Waals surface area contributed by atoms with Crippen molar-refractivity contribution in [2.45, 2.75) is 32.1 Å². The second kappa shape index (κ2) is 9.07. The summed E-state index contributed by atoms with van der Waals surface area (Å²) in [7, 11) is 0. The van der Waals surface area contributed by atoms with Gasteiger partial charge in [0.05, 0.1) is 17.2 Å². The van der Waals surface area contributed by atoms with Gasteiger partial charge in [0.15, 0.2) is 0 Å². The van der Waals surface area contributed by atoms with Gasteiger partial charge in [0.25, 0.3) is 5.91 Å². The Morgan fingerprint density at radius 2 is 1.75 bits per heavy atom. The van der Waals surface area contributed by atoms with Crippen LogP contribution < -0.4 is 10.6 Å². The highest BCUT2D eigenvalue weighted by molar-refractivity contribution is 6.07. The van der Waals surface area contributed by atoms with Gasteiger partial charge in [-0.25, -0.2) is 9.37 Å². The van der Waals surface area contributed by atoms with Crippen molar-refractivity contribution in [3.8, 4) is 22.4 Å². The predicted molar refractivity (Wildman–Crippen MR) is 138 cm³/mol. The summed E-state index contributed by atoms with van der Waals surface area (Å²) in [5, 5.41) is 5.89. The van der Waals surface area contributed by atoms with Crippen LogP contribution in [0.2, 0.25) is 0 Å². The molecule has 0 fully saturated rings. The van der Waals surface area contributed by atoms with E-state index in [2.05, 4.69) is 34.4 Å². The molecule has 0 spiro atoms. The normalized spacial score (nSPS) is 15.1. The van der Waals surface area contributed by atoms with Gasteiger partial charge in [-0.05, 0) is 42.3 Å². The minimum atomic E-state index is -0.488. The van der Waals surface area contributed by atoms with E-state index in [1.54, 1.807) is 31.3 Å². The monoisotopic (exact) mass is 482 g/mol. The van der Waals surface area contributed by atoms with Gasteiger partial charge >= 0.3 is 0 Å². The predicted octanol–water partition coefficient (Wildman–Crippen LogP) is 5.65. The zero-order chi connectivity index (χ0) is 25.4. The van der Waals surface area contributed by atoms with E-state index in [-0.39, 0.29) is 23.0 Å². The molecule has 2 aromatic heterocycles. The van der Waals surface area contributed by atoms with Crippen molar-refractivity contribution in [3.05, 3.63) is 95.6 Å². The molecule has 7 heteroatoms. The summed E-state index contributed by atoms with van der Waals surface area (Å²) in [5.74, 6) is -0.803. The van der Waals surface area contributed by atoms with E-state index in [0.717, 1.165) is 28.1 Å². The first-order chi connectivity index (χ1) is 17.2. The number of rotatable bonds is 5. The van der Waals surface area contributed by atoms with Crippen LogP contribution in [0, 0.1) is 5.82 Å². The van der Waals surface area contributed by atoms with E-state index in [1.807, 2.05) is 36.4 Å². The van der Waals surface area contributed by atoms with Crippen LogP contribution in [0.25, 0.3) is 22.4 Å². The van der Waals surface area contributed by atoms with Gasteiger partial charge in [0.1, 0.15) is 11.6 Å². The standard InChI is InChI=1S/C29H27FN4O2/c1-17(18-9-11-21(30)12-10-18)27(35)33-22-15-20(13-14-31-22)25-23(19-7-5-4-6-8-19)24-26(34-25)29(2,3)16-32-28(24)36/h4-15,17,34H,16H2,1-3H3,(H,32,36)(H,31,33,35). The lowest BCUT2D eigenvalue weighted by atomic mass is 9.82. The fraction of sp³-hybridized carbons (Fsp3) is 0.207. The number of hydrogen-bond acceptors (Lipinski definition) is 3. The van der Waals surface area contributed by atoms with Gasteiger partial charge in [-0.3, -0.25) is 9.59 Å². The van der Waals surface area contributed by atoms with Crippen molar-refractivity contribution in [2.24, 2.45) is 0 Å². The molecule has 2 aromatic carbocycles. The third-order valence-electron chi connectivity index (χ3n) is 6.72. The number of halogens is 1. The van der Waals surface area contributed by atoms with Crippen LogP contribution in [0.4, 0.5) is 10.2 Å². The summed E-state index contributed by atoms with van der Waals surface area (Å²) < 4.78 is 13.3. The number of benzene rings is 2. The Balaban J connectivity index is 1.54. The number of anilines is 1. The molecule has 0 saturated heterocycles. The number of nitrogens with zero attached hydrogens (tertiary/aromatic N) is 1. The molecule has 3 heterocycles. The van der Waals surface area contributed by atoms with Crippen LogP contribution >= 0.6 is 0 Å². The van der Waals surface area contributed by atoms with E-state index in [1.165, 1.54) is 12.1 Å². The summed E-state index contributed by atoms with van der Waals surface area (Å²) in [6.45, 7) is 6.48. The molecular weight excluding hydrogens is 455 g/mol. The van der Waals surface area contributed by atoms with Crippen molar-refractivity contribution in [1.29, 1.82) is 0 Å². The summed E-state index contributed by atoms with van der Waals surface area (Å²) in [6, 6.07) is 19.3. The number of fused-ring (bicyclic) bond motifs is 1. The number of aromatic amines is 1. The second-order valence-corrected chi connectivity index (χ2v) is 9.75. The number of H-pyrrole nitrogens is 1. The Labute approximate surface area is 209 Å². The largest absolute Gasteiger partial charge is 0.357 e. The molecule has 1 aliphatic heterocycles. The third kappa shape index (κ3) is 4.28. The van der Waals surface area contributed by atoms with Crippen molar-refractivity contribution in [3.63, 3.8) is 0 Å². The average Bonchev–Trinajstić information content (AvgIpc) is 3.30. The molecular formula is C29H27FN4O2. The number of aromatic nitrogens is 2. The fourth-order valence-electron chi connectivity index (χ4n) is 4.61. The summed E-state index contributed by atoms with van der Waals surface area (Å²) in [4.78, 5) is 33.8. The molecule has 1 aliphatic rings. The molecule has 0 saturated carbocycles. The number of carbonyl (C=O) groups excluding carboxylic acids is 2. The highest BCUT2D eigenvalue weighted by Gasteiger charge is 2.37. The van der Waals surface area contributed by atoms with Gasteiger partial charge < -0.3 is 15.6 Å². The quantitative estimate of drug-likeness (QED) is 0.344. The first-order valence-electron chi connectivity index (χ1n) is 11.9. The summed E-state index contributed by atoms with van der Waals surface area (Å²) in [6.07, 6.45) is 1.63. The van der Waals surface area contributed by atoms with Gasteiger partial charge in [0.2, 0.25) is 5.91 Å². The molecule has 0 radical (unpaired) electrons. The minimum Gasteiger partial charge on any atom is -0.357 e. The first kappa shape index (κ1) is 23.5. The fourth-order valence-corrected chi connectivity index (χ4v) is 4.61. The van der Waals surface area contributed by atoms with Crippen LogP contribution in [0.3, 0.4) is 0 Å². The maximum Gasteiger partial charge on any atom is 0.253 e. The lowest BCUT2D eigenvalue weighted by Crippen LogP contribution is -2.43. The van der Waals surface area contributed by atoms with Crippen molar-refractivity contribution >= 4 is 17.6 Å². The Kier molecular flexibility index (Phi) is 5.92. The molecule has 1 atom stereocenters. The number of carbonyl (C=O) groups is 2. The van der Waals surface area contributed by atoms with Gasteiger partial charge in [-0.15, -0.1) is 0 Å². The van der Waals surface area contributed by atoms with Gasteiger partial charge in [-0.1, -0.05) is 56.3 Å². The Morgan fingerprint density at radius 3 is 2.47 bits per heavy atom. The van der Waals surface area contributed by atoms with Crippen molar-refractivity contribution < 1.29 is 14.0 Å². The van der Waals surface area contributed by atoms with Crippen LogP contribution in [0.1, 0.15) is 48.3 Å². The Hall–Kier alpha value is -4.26. The van der Waals surface area contributed by atoms with Crippen molar-refractivity contribution in [1.82, 2.24) is 15.3 Å². The molecule has 2 amide bonds. The van der Waals surface area contributed by atoms with E-state index in [0.29, 0.717) is 23.5 Å². The van der Waals surface area contributed by atoms with Crippen LogP contribution in [-0.4, -0.2) is 28.3 Å². The van der Waals surface area contributed by atoms with Crippen molar-refractivity contribution in [2.75, 3.05) is 11.9 Å². The topological polar surface area (TPSA) is 86.9 Å². The molecule has 4 aromatic rings. The Morgan fingerprint density at radius 1 is 1.03 bits per heavy atom. The second-order valence-electron chi connectivity index (χ2n) is 9.75. The summed E-state index contributed by atoms with van der Waals surface area (Å²) in [5.41, 5.74) is 5.28. The van der Waals surface area contributed by atoms with Crippen LogP contribution in [0.5, 0.6) is 0 Å². The number of pyridine rings is 1. The molecule has 3 N–H and O–H groups in total. The highest BCUT2D eigenvalue weighted by atomic mass is 19.1. The maximum absolute atomic E-state index is 13.3. The van der Waals surface area contributed by atoms with Crippen LogP contribution in [-0.2, 0) is 10.2 Å². The summed E-state index contributed by atoms with van der Waals surface area (Å²) >= 11 is 0. The molecule has 1 unspecified atom stereocenters. The SMILES string of the molecule is CC(C(=O)Nc1cc(-c2[nH]c3c(c2-c2ccccc2)C(=O)NCC3(C)C)ccn1)c1ccc(F)cc1. The lowest BCUT2D eigenvalue weighted by molar-refractivity contribution is -0.117. The number of hydrogen-bond donors (Lipinski definition) is 3. The molecule has 0 aliphatic carbocycles. The zero-order valence-corrected chi connectivity index (χ0v) is 20.4. The third-order valence-corrected chi connectivity index (χ3v) is 6.72. The minimum absolute atomic E-state index is 0.110. The molecule has 5 rings (SSSR count). The molecule has 36 heavy (non-hydrogen) atoms. The molecule has 6 nitrogen and oxygen atoms in total. The molecule has 182 valence electrons. The van der Waals surface area contributed by atoms with Gasteiger partial charge in [-0.2, -0.15) is 0 Å².